The van der Waals surface area contributed by atoms with Gasteiger partial charge in [-0.05, 0) is 25.0 Å². The fourth-order valence-corrected chi connectivity index (χ4v) is 3.07. The molecule has 0 aliphatic carbocycles. The second kappa shape index (κ2) is 4.66. The second-order valence-corrected chi connectivity index (χ2v) is 5.04. The maximum absolute atomic E-state index is 12.3. The molecule has 3 rings (SSSR count). The highest BCUT2D eigenvalue weighted by atomic mass is 16.5. The Hall–Kier alpha value is -1.88. The van der Waals surface area contributed by atoms with E-state index in [0.717, 1.165) is 12.8 Å². The van der Waals surface area contributed by atoms with E-state index in [1.54, 1.807) is 12.1 Å². The third-order valence-corrected chi connectivity index (χ3v) is 3.90. The van der Waals surface area contributed by atoms with E-state index in [2.05, 4.69) is 5.32 Å². The minimum absolute atomic E-state index is 0.255. The largest absolute Gasteiger partial charge is 0.481 e. The van der Waals surface area contributed by atoms with Crippen LogP contribution in [0.4, 0.5) is 5.69 Å². The molecule has 1 amide bonds. The van der Waals surface area contributed by atoms with Crippen LogP contribution in [0.25, 0.3) is 0 Å². The number of anilines is 1. The van der Waals surface area contributed by atoms with Crippen LogP contribution in [0.3, 0.4) is 0 Å². The number of benzene rings is 1. The van der Waals surface area contributed by atoms with Gasteiger partial charge in [-0.15, -0.1) is 0 Å². The maximum Gasteiger partial charge on any atom is 0.310 e. The van der Waals surface area contributed by atoms with Gasteiger partial charge in [-0.25, -0.2) is 0 Å². The molecule has 0 saturated carbocycles. The summed E-state index contributed by atoms with van der Waals surface area (Å²) in [5.41, 5.74) is 0.680. The van der Waals surface area contributed by atoms with Gasteiger partial charge in [-0.1, -0.05) is 18.2 Å². The van der Waals surface area contributed by atoms with E-state index in [1.807, 2.05) is 18.2 Å². The molecule has 5 nitrogen and oxygen atoms in total. The van der Waals surface area contributed by atoms with Crippen LogP contribution >= 0.6 is 0 Å². The quantitative estimate of drug-likeness (QED) is 0.864. The summed E-state index contributed by atoms with van der Waals surface area (Å²) >= 11 is 0. The number of fused-ring (bicyclic) bond motifs is 2. The van der Waals surface area contributed by atoms with Crippen molar-refractivity contribution < 1.29 is 19.4 Å². The van der Waals surface area contributed by atoms with Crippen LogP contribution < -0.4 is 5.32 Å². The Morgan fingerprint density at radius 2 is 1.74 bits per heavy atom. The van der Waals surface area contributed by atoms with Crippen LogP contribution in [0.2, 0.25) is 0 Å². The zero-order chi connectivity index (χ0) is 13.4. The third kappa shape index (κ3) is 2.10. The van der Waals surface area contributed by atoms with Crippen molar-refractivity contribution in [1.82, 2.24) is 0 Å². The number of carboxylic acid groups (broad SMARTS) is 1. The van der Waals surface area contributed by atoms with E-state index in [4.69, 9.17) is 4.74 Å². The monoisotopic (exact) mass is 261 g/mol. The molecule has 100 valence electrons. The molecule has 2 unspecified atom stereocenters. The van der Waals surface area contributed by atoms with Crippen LogP contribution in [0.5, 0.6) is 0 Å². The summed E-state index contributed by atoms with van der Waals surface area (Å²) in [5, 5.41) is 12.0. The summed E-state index contributed by atoms with van der Waals surface area (Å²) in [6.07, 6.45) is 0.932. The van der Waals surface area contributed by atoms with Crippen molar-refractivity contribution >= 4 is 17.6 Å². The molecule has 2 aliphatic rings. The van der Waals surface area contributed by atoms with E-state index in [0.29, 0.717) is 5.69 Å². The predicted molar refractivity (Wildman–Crippen MR) is 67.6 cm³/mol. The van der Waals surface area contributed by atoms with Gasteiger partial charge >= 0.3 is 5.97 Å². The first-order valence-electron chi connectivity index (χ1n) is 6.41. The lowest BCUT2D eigenvalue weighted by Crippen LogP contribution is -2.40. The summed E-state index contributed by atoms with van der Waals surface area (Å²) in [6, 6.07) is 9.06. The van der Waals surface area contributed by atoms with Crippen molar-refractivity contribution in [2.45, 2.75) is 25.0 Å². The Morgan fingerprint density at radius 1 is 1.11 bits per heavy atom. The summed E-state index contributed by atoms with van der Waals surface area (Å²) in [7, 11) is 0. The van der Waals surface area contributed by atoms with E-state index < -0.39 is 17.8 Å². The lowest BCUT2D eigenvalue weighted by atomic mass is 9.78. The molecule has 19 heavy (non-hydrogen) atoms. The van der Waals surface area contributed by atoms with Gasteiger partial charge in [0.05, 0.1) is 24.0 Å². The van der Waals surface area contributed by atoms with Crippen molar-refractivity contribution in [2.24, 2.45) is 11.8 Å². The molecule has 2 bridgehead atoms. The van der Waals surface area contributed by atoms with Gasteiger partial charge in [0.2, 0.25) is 5.91 Å². The Labute approximate surface area is 110 Å². The number of hydrogen-bond donors (Lipinski definition) is 2. The highest BCUT2D eigenvalue weighted by molar-refractivity contribution is 5.96. The predicted octanol–water partition coefficient (Wildman–Crippen LogP) is 1.50. The molecule has 1 aromatic rings. The minimum atomic E-state index is -0.944. The standard InChI is InChI=1S/C14H15NO4/c16-13(15-8-4-2-1-3-5-8)11-9-6-7-10(19-9)12(11)14(17)18/h1-5,9-12H,6-7H2,(H,15,16)(H,17,18)/t9-,10-,11?,12?/m1/s1. The van der Waals surface area contributed by atoms with Crippen LogP contribution in [0, 0.1) is 11.8 Å². The molecule has 2 saturated heterocycles. The maximum atomic E-state index is 12.3. The Balaban J connectivity index is 1.77. The van der Waals surface area contributed by atoms with Gasteiger partial charge in [0.1, 0.15) is 0 Å². The van der Waals surface area contributed by atoms with Gasteiger partial charge in [-0.3, -0.25) is 9.59 Å². The normalized spacial score (nSPS) is 32.2. The van der Waals surface area contributed by atoms with Crippen LogP contribution in [-0.2, 0) is 14.3 Å². The molecule has 0 radical (unpaired) electrons. The first-order chi connectivity index (χ1) is 9.16. The fourth-order valence-electron chi connectivity index (χ4n) is 3.07. The zero-order valence-electron chi connectivity index (χ0n) is 10.3. The number of carbonyl (C=O) groups is 2. The van der Waals surface area contributed by atoms with E-state index >= 15 is 0 Å². The lowest BCUT2D eigenvalue weighted by Gasteiger charge is -2.23. The number of carboxylic acids is 1. The third-order valence-electron chi connectivity index (χ3n) is 3.90. The van der Waals surface area contributed by atoms with E-state index in [1.165, 1.54) is 0 Å². The number of para-hydroxylation sites is 1. The average Bonchev–Trinajstić information content (AvgIpc) is 2.99. The smallest absolute Gasteiger partial charge is 0.310 e. The van der Waals surface area contributed by atoms with Crippen molar-refractivity contribution in [2.75, 3.05) is 5.32 Å². The molecule has 2 fully saturated rings. The molecule has 0 aromatic heterocycles. The molecule has 4 atom stereocenters. The molecular weight excluding hydrogens is 246 g/mol. The summed E-state index contributed by atoms with van der Waals surface area (Å²) < 4.78 is 5.58. The summed E-state index contributed by atoms with van der Waals surface area (Å²) in [5.74, 6) is -2.51. The van der Waals surface area contributed by atoms with Gasteiger partial charge < -0.3 is 15.2 Å². The SMILES string of the molecule is O=C(O)C1C(C(=O)Nc2ccccc2)[C@H]2CC[C@H]1O2. The molecule has 2 N–H and O–H groups in total. The molecule has 0 spiro atoms. The van der Waals surface area contributed by atoms with Crippen molar-refractivity contribution in [3.63, 3.8) is 0 Å². The van der Waals surface area contributed by atoms with E-state index in [-0.39, 0.29) is 18.1 Å². The minimum Gasteiger partial charge on any atom is -0.481 e. The van der Waals surface area contributed by atoms with Crippen molar-refractivity contribution in [3.8, 4) is 0 Å². The number of ether oxygens (including phenoxy) is 1. The van der Waals surface area contributed by atoms with E-state index in [9.17, 15) is 14.7 Å². The molecule has 2 heterocycles. The summed E-state index contributed by atoms with van der Waals surface area (Å²) in [4.78, 5) is 23.6. The van der Waals surface area contributed by atoms with Gasteiger partial charge in [0.25, 0.3) is 0 Å². The molecule has 2 aliphatic heterocycles. The Kier molecular flexibility index (Phi) is 2.98. The molecule has 5 heteroatoms. The Morgan fingerprint density at radius 3 is 2.37 bits per heavy atom. The van der Waals surface area contributed by atoms with Crippen LogP contribution in [0.15, 0.2) is 30.3 Å². The number of aliphatic carboxylic acids is 1. The highest BCUT2D eigenvalue weighted by Crippen LogP contribution is 2.44. The van der Waals surface area contributed by atoms with Crippen molar-refractivity contribution in [3.05, 3.63) is 30.3 Å². The molecular formula is C14H15NO4. The highest BCUT2D eigenvalue weighted by Gasteiger charge is 2.55. The zero-order valence-corrected chi connectivity index (χ0v) is 10.3. The number of amides is 1. The van der Waals surface area contributed by atoms with Gasteiger partial charge in [-0.2, -0.15) is 0 Å². The number of hydrogen-bond acceptors (Lipinski definition) is 3. The Bertz CT molecular complexity index is 501. The number of nitrogens with one attached hydrogen (secondary N) is 1. The lowest BCUT2D eigenvalue weighted by molar-refractivity contribution is -0.147. The molecule has 1 aromatic carbocycles. The number of rotatable bonds is 3. The first-order valence-corrected chi connectivity index (χ1v) is 6.41. The topological polar surface area (TPSA) is 75.6 Å². The first kappa shape index (κ1) is 12.2. The number of carbonyl (C=O) groups excluding carboxylic acids is 1. The van der Waals surface area contributed by atoms with Crippen LogP contribution in [-0.4, -0.2) is 29.2 Å². The van der Waals surface area contributed by atoms with Gasteiger partial charge in [0.15, 0.2) is 0 Å². The second-order valence-electron chi connectivity index (χ2n) is 5.04. The van der Waals surface area contributed by atoms with Gasteiger partial charge in [0, 0.05) is 5.69 Å². The average molecular weight is 261 g/mol. The summed E-state index contributed by atoms with van der Waals surface area (Å²) in [6.45, 7) is 0. The fraction of sp³-hybridized carbons (Fsp3) is 0.429. The van der Waals surface area contributed by atoms with Crippen molar-refractivity contribution in [1.29, 1.82) is 0 Å². The van der Waals surface area contributed by atoms with Crippen LogP contribution in [0.1, 0.15) is 12.8 Å².